The standard InChI is InChI=1S/C19H13FN6O3S/c1-29-16-9-12(20)15(26(27)28)10-14(16)23-19-21-8-7-13(22-19)18-25-24-17(30-18)11-5-3-2-4-6-11/h2-10H,1H3,(H,21,22,23). The van der Waals surface area contributed by atoms with E-state index < -0.39 is 16.4 Å². The minimum Gasteiger partial charge on any atom is -0.494 e. The van der Waals surface area contributed by atoms with Gasteiger partial charge in [-0.05, 0) is 6.07 Å². The first kappa shape index (κ1) is 19.3. The van der Waals surface area contributed by atoms with Gasteiger partial charge in [0.15, 0.2) is 5.01 Å². The Kier molecular flexibility index (Phi) is 5.26. The fourth-order valence-corrected chi connectivity index (χ4v) is 3.45. The van der Waals surface area contributed by atoms with Crippen LogP contribution in [-0.2, 0) is 0 Å². The molecule has 0 aliphatic rings. The Bertz CT molecular complexity index is 1220. The summed E-state index contributed by atoms with van der Waals surface area (Å²) in [7, 11) is 1.33. The number of aromatic nitrogens is 4. The van der Waals surface area contributed by atoms with Gasteiger partial charge in [-0.25, -0.2) is 9.97 Å². The van der Waals surface area contributed by atoms with Gasteiger partial charge in [-0.2, -0.15) is 4.39 Å². The van der Waals surface area contributed by atoms with Gasteiger partial charge in [0, 0.05) is 23.9 Å². The van der Waals surface area contributed by atoms with Gasteiger partial charge in [0.2, 0.25) is 11.8 Å². The third kappa shape index (κ3) is 3.91. The van der Waals surface area contributed by atoms with Crippen molar-refractivity contribution in [3.63, 3.8) is 0 Å². The van der Waals surface area contributed by atoms with E-state index in [-0.39, 0.29) is 17.4 Å². The van der Waals surface area contributed by atoms with Crippen molar-refractivity contribution in [2.45, 2.75) is 0 Å². The number of anilines is 2. The average molecular weight is 424 g/mol. The highest BCUT2D eigenvalue weighted by Gasteiger charge is 2.20. The first-order valence-corrected chi connectivity index (χ1v) is 9.38. The van der Waals surface area contributed by atoms with E-state index in [1.54, 1.807) is 6.07 Å². The Morgan fingerprint density at radius 1 is 1.13 bits per heavy atom. The lowest BCUT2D eigenvalue weighted by molar-refractivity contribution is -0.387. The summed E-state index contributed by atoms with van der Waals surface area (Å²) in [6.45, 7) is 0. The van der Waals surface area contributed by atoms with Crippen LogP contribution in [0.25, 0.3) is 21.3 Å². The van der Waals surface area contributed by atoms with Crippen LogP contribution in [0.5, 0.6) is 5.75 Å². The number of nitro groups is 1. The zero-order valence-electron chi connectivity index (χ0n) is 15.4. The number of benzene rings is 2. The van der Waals surface area contributed by atoms with Gasteiger partial charge in [0.25, 0.3) is 0 Å². The molecule has 0 atom stereocenters. The van der Waals surface area contributed by atoms with Gasteiger partial charge >= 0.3 is 5.69 Å². The van der Waals surface area contributed by atoms with Crippen molar-refractivity contribution >= 4 is 28.7 Å². The molecule has 2 aromatic heterocycles. The van der Waals surface area contributed by atoms with Gasteiger partial charge in [-0.3, -0.25) is 10.1 Å². The number of halogens is 1. The molecule has 9 nitrogen and oxygen atoms in total. The highest BCUT2D eigenvalue weighted by molar-refractivity contribution is 7.17. The van der Waals surface area contributed by atoms with E-state index in [1.165, 1.54) is 24.6 Å². The maximum atomic E-state index is 13.8. The number of methoxy groups -OCH3 is 1. The van der Waals surface area contributed by atoms with Crippen molar-refractivity contribution in [1.29, 1.82) is 0 Å². The van der Waals surface area contributed by atoms with E-state index >= 15 is 0 Å². The van der Waals surface area contributed by atoms with Crippen LogP contribution >= 0.6 is 11.3 Å². The summed E-state index contributed by atoms with van der Waals surface area (Å²) in [5.74, 6) is -0.781. The molecular formula is C19H13FN6O3S. The van der Waals surface area contributed by atoms with E-state index in [2.05, 4.69) is 25.5 Å². The van der Waals surface area contributed by atoms with E-state index in [9.17, 15) is 14.5 Å². The number of hydrogen-bond donors (Lipinski definition) is 1. The van der Waals surface area contributed by atoms with Crippen LogP contribution in [0.1, 0.15) is 0 Å². The Labute approximate surface area is 173 Å². The molecule has 0 radical (unpaired) electrons. The summed E-state index contributed by atoms with van der Waals surface area (Å²) in [4.78, 5) is 18.7. The minimum absolute atomic E-state index is 0.0781. The number of nitro benzene ring substituents is 1. The quantitative estimate of drug-likeness (QED) is 0.356. The van der Waals surface area contributed by atoms with Crippen LogP contribution in [0.15, 0.2) is 54.7 Å². The SMILES string of the molecule is COc1cc(F)c([N+](=O)[O-])cc1Nc1nccc(-c2nnc(-c3ccccc3)s2)n1. The first-order chi connectivity index (χ1) is 14.5. The van der Waals surface area contributed by atoms with Crippen LogP contribution in [-0.4, -0.2) is 32.2 Å². The van der Waals surface area contributed by atoms with Gasteiger partial charge in [-0.1, -0.05) is 41.7 Å². The Hall–Kier alpha value is -3.99. The topological polar surface area (TPSA) is 116 Å². The molecule has 2 aromatic carbocycles. The third-order valence-electron chi connectivity index (χ3n) is 4.03. The number of nitrogens with one attached hydrogen (secondary N) is 1. The molecule has 1 N–H and O–H groups in total. The van der Waals surface area contributed by atoms with Crippen LogP contribution in [0.2, 0.25) is 0 Å². The van der Waals surface area contributed by atoms with E-state index in [4.69, 9.17) is 4.74 Å². The van der Waals surface area contributed by atoms with Gasteiger partial charge in [0.1, 0.15) is 16.5 Å². The molecule has 30 heavy (non-hydrogen) atoms. The Balaban J connectivity index is 1.64. The lowest BCUT2D eigenvalue weighted by atomic mass is 10.2. The molecule has 0 spiro atoms. The summed E-state index contributed by atoms with van der Waals surface area (Å²) in [6.07, 6.45) is 1.51. The predicted molar refractivity (Wildman–Crippen MR) is 109 cm³/mol. The van der Waals surface area contributed by atoms with Crippen molar-refractivity contribution < 1.29 is 14.1 Å². The summed E-state index contributed by atoms with van der Waals surface area (Å²) < 4.78 is 18.9. The predicted octanol–water partition coefficient (Wildman–Crippen LogP) is 4.46. The van der Waals surface area contributed by atoms with Crippen molar-refractivity contribution in [2.24, 2.45) is 0 Å². The summed E-state index contributed by atoms with van der Waals surface area (Å²) >= 11 is 1.37. The van der Waals surface area contributed by atoms with E-state index in [0.29, 0.717) is 10.7 Å². The van der Waals surface area contributed by atoms with Crippen LogP contribution < -0.4 is 10.1 Å². The molecule has 0 aliphatic heterocycles. The first-order valence-electron chi connectivity index (χ1n) is 8.56. The fourth-order valence-electron chi connectivity index (χ4n) is 2.63. The number of ether oxygens (including phenoxy) is 1. The molecule has 0 bridgehead atoms. The third-order valence-corrected chi connectivity index (χ3v) is 5.03. The van der Waals surface area contributed by atoms with Gasteiger partial charge < -0.3 is 10.1 Å². The molecule has 0 aliphatic carbocycles. The highest BCUT2D eigenvalue weighted by atomic mass is 32.1. The van der Waals surface area contributed by atoms with Gasteiger partial charge in [0.05, 0.1) is 17.7 Å². The molecule has 4 rings (SSSR count). The van der Waals surface area contributed by atoms with Crippen molar-refractivity contribution in [2.75, 3.05) is 12.4 Å². The van der Waals surface area contributed by atoms with Crippen LogP contribution in [0.3, 0.4) is 0 Å². The van der Waals surface area contributed by atoms with E-state index in [1.807, 2.05) is 30.3 Å². The molecule has 0 saturated carbocycles. The summed E-state index contributed by atoms with van der Waals surface area (Å²) in [5, 5.41) is 23.6. The average Bonchev–Trinajstić information content (AvgIpc) is 3.26. The van der Waals surface area contributed by atoms with Crippen molar-refractivity contribution in [3.8, 4) is 27.0 Å². The normalized spacial score (nSPS) is 10.6. The molecule has 11 heteroatoms. The largest absolute Gasteiger partial charge is 0.494 e. The molecule has 2 heterocycles. The zero-order valence-corrected chi connectivity index (χ0v) is 16.3. The summed E-state index contributed by atoms with van der Waals surface area (Å²) in [5.41, 5.74) is 0.927. The van der Waals surface area contributed by atoms with Crippen LogP contribution in [0.4, 0.5) is 21.7 Å². The van der Waals surface area contributed by atoms with E-state index in [0.717, 1.165) is 22.7 Å². The van der Waals surface area contributed by atoms with Crippen LogP contribution in [0, 0.1) is 15.9 Å². The smallest absolute Gasteiger partial charge is 0.307 e. The molecular weight excluding hydrogens is 411 g/mol. The molecule has 0 fully saturated rings. The minimum atomic E-state index is -1.00. The highest BCUT2D eigenvalue weighted by Crippen LogP contribution is 2.34. The fraction of sp³-hybridized carbons (Fsp3) is 0.0526. The number of nitrogens with zero attached hydrogens (tertiary/aromatic N) is 5. The molecule has 150 valence electrons. The molecule has 0 unspecified atom stereocenters. The monoisotopic (exact) mass is 424 g/mol. The molecule has 0 saturated heterocycles. The van der Waals surface area contributed by atoms with Crippen molar-refractivity contribution in [1.82, 2.24) is 20.2 Å². The maximum absolute atomic E-state index is 13.8. The summed E-state index contributed by atoms with van der Waals surface area (Å²) in [6, 6.07) is 13.3. The second kappa shape index (κ2) is 8.17. The molecule has 0 amide bonds. The van der Waals surface area contributed by atoms with Gasteiger partial charge in [-0.15, -0.1) is 10.2 Å². The maximum Gasteiger partial charge on any atom is 0.307 e. The van der Waals surface area contributed by atoms with Crippen molar-refractivity contribution in [3.05, 3.63) is 70.7 Å². The number of hydrogen-bond acceptors (Lipinski definition) is 9. The Morgan fingerprint density at radius 2 is 1.90 bits per heavy atom. The second-order valence-corrected chi connectivity index (χ2v) is 6.91. The number of rotatable bonds is 6. The lowest BCUT2D eigenvalue weighted by Gasteiger charge is -2.10. The molecule has 4 aromatic rings. The lowest BCUT2D eigenvalue weighted by Crippen LogP contribution is -2.02. The Morgan fingerprint density at radius 3 is 2.63 bits per heavy atom. The second-order valence-electron chi connectivity index (χ2n) is 5.93. The zero-order chi connectivity index (χ0) is 21.1.